The SMILES string of the molecule is CC(C)(C)c1cc(C(C)(C)C)c2cc(N3CCCCC3)ccc2n1. The van der Waals surface area contributed by atoms with Gasteiger partial charge in [0.2, 0.25) is 0 Å². The first kappa shape index (κ1) is 17.3. The number of anilines is 1. The first-order valence-corrected chi connectivity index (χ1v) is 9.37. The molecular weight excluding hydrogens is 292 g/mol. The second-order valence-corrected chi connectivity index (χ2v) is 9.30. The third-order valence-electron chi connectivity index (χ3n) is 5.09. The van der Waals surface area contributed by atoms with Crippen LogP contribution in [0, 0.1) is 0 Å². The number of benzene rings is 1. The molecule has 2 aromatic rings. The van der Waals surface area contributed by atoms with Gasteiger partial charge in [0, 0.05) is 35.3 Å². The van der Waals surface area contributed by atoms with Crippen LogP contribution in [0.15, 0.2) is 24.3 Å². The zero-order valence-corrected chi connectivity index (χ0v) is 16.2. The highest BCUT2D eigenvalue weighted by molar-refractivity contribution is 5.87. The molecule has 0 radical (unpaired) electrons. The Balaban J connectivity index is 2.17. The van der Waals surface area contributed by atoms with Crippen molar-refractivity contribution in [2.45, 2.75) is 71.6 Å². The Bertz CT molecular complexity index is 726. The maximum atomic E-state index is 4.99. The van der Waals surface area contributed by atoms with Crippen molar-refractivity contribution < 1.29 is 0 Å². The average Bonchev–Trinajstić information content (AvgIpc) is 2.52. The Morgan fingerprint density at radius 3 is 2.08 bits per heavy atom. The van der Waals surface area contributed by atoms with Crippen molar-refractivity contribution in [2.24, 2.45) is 0 Å². The molecule has 0 bridgehead atoms. The Labute approximate surface area is 147 Å². The first-order valence-electron chi connectivity index (χ1n) is 9.37. The third-order valence-corrected chi connectivity index (χ3v) is 5.09. The minimum atomic E-state index is 0.0692. The van der Waals surface area contributed by atoms with Crippen molar-refractivity contribution in [3.63, 3.8) is 0 Å². The Kier molecular flexibility index (Phi) is 4.36. The summed E-state index contributed by atoms with van der Waals surface area (Å²) in [4.78, 5) is 7.52. The molecule has 2 nitrogen and oxygen atoms in total. The molecule has 2 heterocycles. The van der Waals surface area contributed by atoms with E-state index in [1.165, 1.54) is 54.7 Å². The fourth-order valence-electron chi connectivity index (χ4n) is 3.57. The smallest absolute Gasteiger partial charge is 0.0710 e. The summed E-state index contributed by atoms with van der Waals surface area (Å²) in [6.07, 6.45) is 3.99. The van der Waals surface area contributed by atoms with Crippen LogP contribution in [0.5, 0.6) is 0 Å². The largest absolute Gasteiger partial charge is 0.372 e. The summed E-state index contributed by atoms with van der Waals surface area (Å²) < 4.78 is 0. The highest BCUT2D eigenvalue weighted by atomic mass is 15.1. The minimum absolute atomic E-state index is 0.0692. The zero-order chi connectivity index (χ0) is 17.5. The summed E-state index contributed by atoms with van der Waals surface area (Å²) in [5.41, 5.74) is 5.27. The predicted molar refractivity (Wildman–Crippen MR) is 105 cm³/mol. The molecular formula is C22H32N2. The summed E-state index contributed by atoms with van der Waals surface area (Å²) in [5, 5.41) is 1.32. The molecule has 24 heavy (non-hydrogen) atoms. The van der Waals surface area contributed by atoms with E-state index in [9.17, 15) is 0 Å². The molecule has 3 rings (SSSR count). The van der Waals surface area contributed by atoms with E-state index in [-0.39, 0.29) is 10.8 Å². The number of fused-ring (bicyclic) bond motifs is 1. The summed E-state index contributed by atoms with van der Waals surface area (Å²) in [5.74, 6) is 0. The second-order valence-electron chi connectivity index (χ2n) is 9.30. The van der Waals surface area contributed by atoms with E-state index in [4.69, 9.17) is 4.98 Å². The number of rotatable bonds is 1. The summed E-state index contributed by atoms with van der Waals surface area (Å²) in [6, 6.07) is 9.20. The van der Waals surface area contributed by atoms with E-state index in [1.807, 2.05) is 0 Å². The van der Waals surface area contributed by atoms with Crippen LogP contribution in [0.25, 0.3) is 10.9 Å². The van der Waals surface area contributed by atoms with Crippen molar-refractivity contribution in [3.05, 3.63) is 35.5 Å². The van der Waals surface area contributed by atoms with Crippen LogP contribution >= 0.6 is 0 Å². The molecule has 0 saturated carbocycles. The maximum absolute atomic E-state index is 4.99. The van der Waals surface area contributed by atoms with Gasteiger partial charge in [0.25, 0.3) is 0 Å². The molecule has 0 N–H and O–H groups in total. The van der Waals surface area contributed by atoms with E-state index in [0.717, 1.165) is 5.52 Å². The molecule has 130 valence electrons. The molecule has 1 fully saturated rings. The summed E-state index contributed by atoms with van der Waals surface area (Å²) in [7, 11) is 0. The molecule has 1 saturated heterocycles. The van der Waals surface area contributed by atoms with Crippen LogP contribution in [0.3, 0.4) is 0 Å². The highest BCUT2D eigenvalue weighted by Crippen LogP contribution is 2.35. The van der Waals surface area contributed by atoms with E-state index in [1.54, 1.807) is 0 Å². The average molecular weight is 325 g/mol. The molecule has 1 aliphatic rings. The lowest BCUT2D eigenvalue weighted by atomic mass is 9.81. The summed E-state index contributed by atoms with van der Waals surface area (Å²) >= 11 is 0. The van der Waals surface area contributed by atoms with Crippen molar-refractivity contribution >= 4 is 16.6 Å². The third kappa shape index (κ3) is 3.43. The molecule has 1 aromatic carbocycles. The summed E-state index contributed by atoms with van der Waals surface area (Å²) in [6.45, 7) is 16.0. The van der Waals surface area contributed by atoms with Crippen LogP contribution in [0.1, 0.15) is 72.1 Å². The van der Waals surface area contributed by atoms with Gasteiger partial charge in [0.1, 0.15) is 0 Å². The molecule has 0 spiro atoms. The lowest BCUT2D eigenvalue weighted by Gasteiger charge is -2.30. The standard InChI is InChI=1S/C22H32N2/c1-21(2,3)18-15-20(22(4,5)6)23-19-11-10-16(14-17(18)19)24-12-8-7-9-13-24/h10-11,14-15H,7-9,12-13H2,1-6H3. The van der Waals surface area contributed by atoms with Gasteiger partial charge in [-0.25, -0.2) is 0 Å². The molecule has 2 heteroatoms. The molecule has 0 atom stereocenters. The van der Waals surface area contributed by atoms with Crippen LogP contribution in [-0.2, 0) is 10.8 Å². The van der Waals surface area contributed by atoms with Crippen molar-refractivity contribution in [1.82, 2.24) is 4.98 Å². The van der Waals surface area contributed by atoms with Gasteiger partial charge in [-0.15, -0.1) is 0 Å². The molecule has 0 aliphatic carbocycles. The van der Waals surface area contributed by atoms with Crippen LogP contribution < -0.4 is 4.90 Å². The fourth-order valence-corrected chi connectivity index (χ4v) is 3.57. The molecule has 1 aliphatic heterocycles. The Morgan fingerprint density at radius 1 is 0.833 bits per heavy atom. The highest BCUT2D eigenvalue weighted by Gasteiger charge is 2.24. The minimum Gasteiger partial charge on any atom is -0.372 e. The molecule has 0 amide bonds. The first-order chi connectivity index (χ1) is 11.2. The van der Waals surface area contributed by atoms with Gasteiger partial charge in [0.15, 0.2) is 0 Å². The number of piperidine rings is 1. The van der Waals surface area contributed by atoms with Crippen molar-refractivity contribution in [3.8, 4) is 0 Å². The quantitative estimate of drug-likeness (QED) is 0.657. The van der Waals surface area contributed by atoms with Gasteiger partial charge in [-0.3, -0.25) is 4.98 Å². The van der Waals surface area contributed by atoms with Crippen LogP contribution in [-0.4, -0.2) is 18.1 Å². The van der Waals surface area contributed by atoms with Gasteiger partial charge in [-0.05, 0) is 54.5 Å². The second kappa shape index (κ2) is 6.06. The van der Waals surface area contributed by atoms with Gasteiger partial charge < -0.3 is 4.90 Å². The number of hydrogen-bond acceptors (Lipinski definition) is 2. The van der Waals surface area contributed by atoms with Crippen LogP contribution in [0.2, 0.25) is 0 Å². The van der Waals surface area contributed by atoms with Crippen molar-refractivity contribution in [2.75, 3.05) is 18.0 Å². The van der Waals surface area contributed by atoms with Crippen molar-refractivity contribution in [1.29, 1.82) is 0 Å². The monoisotopic (exact) mass is 324 g/mol. The predicted octanol–water partition coefficient (Wildman–Crippen LogP) is 5.82. The molecule has 1 aromatic heterocycles. The lowest BCUT2D eigenvalue weighted by molar-refractivity contribution is 0.558. The van der Waals surface area contributed by atoms with Gasteiger partial charge in [0.05, 0.1) is 5.52 Å². The van der Waals surface area contributed by atoms with E-state index < -0.39 is 0 Å². The molecule has 0 unspecified atom stereocenters. The van der Waals surface area contributed by atoms with Crippen LogP contribution in [0.4, 0.5) is 5.69 Å². The topological polar surface area (TPSA) is 16.1 Å². The fraction of sp³-hybridized carbons (Fsp3) is 0.591. The maximum Gasteiger partial charge on any atom is 0.0710 e. The van der Waals surface area contributed by atoms with Gasteiger partial charge >= 0.3 is 0 Å². The number of nitrogens with zero attached hydrogens (tertiary/aromatic N) is 2. The van der Waals surface area contributed by atoms with E-state index >= 15 is 0 Å². The Hall–Kier alpha value is -1.57. The van der Waals surface area contributed by atoms with E-state index in [0.29, 0.717) is 0 Å². The lowest BCUT2D eigenvalue weighted by Crippen LogP contribution is -2.29. The normalized spacial score (nSPS) is 16.7. The van der Waals surface area contributed by atoms with Gasteiger partial charge in [-0.1, -0.05) is 41.5 Å². The Morgan fingerprint density at radius 2 is 1.50 bits per heavy atom. The zero-order valence-electron chi connectivity index (χ0n) is 16.2. The number of hydrogen-bond donors (Lipinski definition) is 0. The number of aromatic nitrogens is 1. The van der Waals surface area contributed by atoms with Gasteiger partial charge in [-0.2, -0.15) is 0 Å². The van der Waals surface area contributed by atoms with E-state index in [2.05, 4.69) is 70.7 Å². The number of pyridine rings is 1.